The number of aryl methyl sites for hydroxylation is 2. The fourth-order valence-corrected chi connectivity index (χ4v) is 4.55. The zero-order valence-corrected chi connectivity index (χ0v) is 19.5. The van der Waals surface area contributed by atoms with Crippen molar-refractivity contribution in [2.45, 2.75) is 40.0 Å². The summed E-state index contributed by atoms with van der Waals surface area (Å²) < 4.78 is 0. The third-order valence-corrected chi connectivity index (χ3v) is 7.07. The van der Waals surface area contributed by atoms with E-state index in [1.54, 1.807) is 11.3 Å². The maximum Gasteiger partial charge on any atom is 0.256 e. The lowest BCUT2D eigenvalue weighted by molar-refractivity contribution is -0.122. The van der Waals surface area contributed by atoms with Crippen LogP contribution in [0.15, 0.2) is 59.0 Å². The molecule has 0 radical (unpaired) electrons. The molecule has 3 aromatic rings. The molecule has 1 aliphatic rings. The van der Waals surface area contributed by atoms with Crippen molar-refractivity contribution in [3.05, 3.63) is 86.6 Å². The van der Waals surface area contributed by atoms with Crippen molar-refractivity contribution in [2.75, 3.05) is 5.32 Å². The molecule has 2 N–H and O–H groups in total. The molecule has 2 amide bonds. The zero-order chi connectivity index (χ0) is 22.8. The summed E-state index contributed by atoms with van der Waals surface area (Å²) >= 11 is 1.58. The lowest BCUT2D eigenvalue weighted by atomic mass is 10.1. The van der Waals surface area contributed by atoms with E-state index in [1.165, 1.54) is 11.1 Å². The number of carbonyl (C=O) groups is 2. The second kappa shape index (κ2) is 9.09. The van der Waals surface area contributed by atoms with Crippen LogP contribution in [0.25, 0.3) is 0 Å². The highest BCUT2D eigenvalue weighted by atomic mass is 32.1. The summed E-state index contributed by atoms with van der Waals surface area (Å²) in [4.78, 5) is 26.1. The van der Waals surface area contributed by atoms with Gasteiger partial charge < -0.3 is 5.32 Å². The van der Waals surface area contributed by atoms with E-state index in [-0.39, 0.29) is 23.7 Å². The summed E-state index contributed by atoms with van der Waals surface area (Å²) in [6.07, 6.45) is 0.862. The Morgan fingerprint density at radius 1 is 1.00 bits per heavy atom. The van der Waals surface area contributed by atoms with Gasteiger partial charge in [0.25, 0.3) is 5.91 Å². The van der Waals surface area contributed by atoms with Gasteiger partial charge in [0.2, 0.25) is 5.91 Å². The SMILES string of the molecule is C/C(=N/NC(=O)[C@@H]1C[C@@H]1c1ccc(C)cc1)c1ccc(NC(=O)c2csc(C)c2C)cc1. The van der Waals surface area contributed by atoms with Crippen molar-refractivity contribution >= 4 is 34.6 Å². The number of carbonyl (C=O) groups excluding carboxylic acids is 2. The molecule has 4 rings (SSSR count). The minimum absolute atomic E-state index is 0.0176. The predicted molar refractivity (Wildman–Crippen MR) is 131 cm³/mol. The number of thiophene rings is 1. The first-order valence-corrected chi connectivity index (χ1v) is 11.6. The quantitative estimate of drug-likeness (QED) is 0.385. The maximum atomic E-state index is 12.5. The molecule has 0 bridgehead atoms. The molecule has 0 saturated heterocycles. The van der Waals surface area contributed by atoms with E-state index in [0.717, 1.165) is 28.1 Å². The maximum absolute atomic E-state index is 12.5. The second-order valence-corrected chi connectivity index (χ2v) is 9.48. The summed E-state index contributed by atoms with van der Waals surface area (Å²) in [5, 5.41) is 9.10. The molecule has 32 heavy (non-hydrogen) atoms. The normalized spacial score (nSPS) is 17.7. The Balaban J connectivity index is 1.33. The van der Waals surface area contributed by atoms with Gasteiger partial charge in [0, 0.05) is 21.9 Å². The van der Waals surface area contributed by atoms with Gasteiger partial charge in [0.1, 0.15) is 0 Å². The van der Waals surface area contributed by atoms with E-state index >= 15 is 0 Å². The first-order chi connectivity index (χ1) is 15.3. The summed E-state index contributed by atoms with van der Waals surface area (Å²) in [7, 11) is 0. The zero-order valence-electron chi connectivity index (χ0n) is 18.7. The Labute approximate surface area is 192 Å². The van der Waals surface area contributed by atoms with Gasteiger partial charge in [-0.1, -0.05) is 42.0 Å². The highest BCUT2D eigenvalue weighted by molar-refractivity contribution is 7.10. The molecule has 0 aliphatic heterocycles. The van der Waals surface area contributed by atoms with Gasteiger partial charge in [-0.2, -0.15) is 5.10 Å². The van der Waals surface area contributed by atoms with Crippen LogP contribution in [-0.2, 0) is 4.79 Å². The van der Waals surface area contributed by atoms with Crippen molar-refractivity contribution in [1.82, 2.24) is 5.43 Å². The smallest absolute Gasteiger partial charge is 0.256 e. The Morgan fingerprint density at radius 3 is 2.31 bits per heavy atom. The molecule has 5 nitrogen and oxygen atoms in total. The van der Waals surface area contributed by atoms with Gasteiger partial charge in [-0.15, -0.1) is 11.3 Å². The van der Waals surface area contributed by atoms with Gasteiger partial charge >= 0.3 is 0 Å². The molecule has 2 aromatic carbocycles. The minimum Gasteiger partial charge on any atom is -0.322 e. The lowest BCUT2D eigenvalue weighted by Crippen LogP contribution is -2.21. The van der Waals surface area contributed by atoms with Crippen molar-refractivity contribution in [1.29, 1.82) is 0 Å². The van der Waals surface area contributed by atoms with E-state index in [9.17, 15) is 9.59 Å². The van der Waals surface area contributed by atoms with Gasteiger partial charge in [-0.25, -0.2) is 5.43 Å². The first kappa shape index (κ1) is 22.0. The van der Waals surface area contributed by atoms with Crippen LogP contribution in [0.3, 0.4) is 0 Å². The summed E-state index contributed by atoms with van der Waals surface area (Å²) in [5.74, 6) is 0.116. The molecule has 1 heterocycles. The monoisotopic (exact) mass is 445 g/mol. The second-order valence-electron chi connectivity index (χ2n) is 8.39. The largest absolute Gasteiger partial charge is 0.322 e. The number of anilines is 1. The number of hydrogen-bond donors (Lipinski definition) is 2. The number of nitrogens with one attached hydrogen (secondary N) is 2. The minimum atomic E-state index is -0.107. The number of nitrogens with zero attached hydrogens (tertiary/aromatic N) is 1. The predicted octanol–water partition coefficient (Wildman–Crippen LogP) is 5.57. The van der Waals surface area contributed by atoms with Gasteiger partial charge in [-0.05, 0) is 68.9 Å². The fraction of sp³-hybridized carbons (Fsp3) is 0.269. The molecule has 164 valence electrons. The summed E-state index contributed by atoms with van der Waals surface area (Å²) in [6.45, 7) is 7.89. The van der Waals surface area contributed by atoms with Crippen LogP contribution in [-0.4, -0.2) is 17.5 Å². The van der Waals surface area contributed by atoms with Crippen molar-refractivity contribution in [2.24, 2.45) is 11.0 Å². The molecule has 1 aromatic heterocycles. The van der Waals surface area contributed by atoms with Crippen LogP contribution in [0.4, 0.5) is 5.69 Å². The highest BCUT2D eigenvalue weighted by Crippen LogP contribution is 2.47. The molecule has 0 unspecified atom stereocenters. The third-order valence-electron chi connectivity index (χ3n) is 6.06. The van der Waals surface area contributed by atoms with Gasteiger partial charge in [-0.3, -0.25) is 9.59 Å². The van der Waals surface area contributed by atoms with E-state index in [4.69, 9.17) is 0 Å². The van der Waals surface area contributed by atoms with E-state index < -0.39 is 0 Å². The van der Waals surface area contributed by atoms with Crippen LogP contribution >= 0.6 is 11.3 Å². The Kier molecular flexibility index (Phi) is 6.24. The van der Waals surface area contributed by atoms with Crippen LogP contribution in [0.5, 0.6) is 0 Å². The summed E-state index contributed by atoms with van der Waals surface area (Å²) in [6, 6.07) is 15.8. The molecule has 1 fully saturated rings. The number of benzene rings is 2. The first-order valence-electron chi connectivity index (χ1n) is 10.7. The molecule has 6 heteroatoms. The topological polar surface area (TPSA) is 70.6 Å². The van der Waals surface area contributed by atoms with Gasteiger partial charge in [0.15, 0.2) is 0 Å². The van der Waals surface area contributed by atoms with E-state index in [0.29, 0.717) is 11.3 Å². The molecular weight excluding hydrogens is 418 g/mol. The van der Waals surface area contributed by atoms with Crippen molar-refractivity contribution in [3.63, 3.8) is 0 Å². The molecular formula is C26H27N3O2S. The third kappa shape index (κ3) is 4.81. The van der Waals surface area contributed by atoms with Crippen LogP contribution in [0.1, 0.15) is 56.8 Å². The van der Waals surface area contributed by atoms with Crippen molar-refractivity contribution in [3.8, 4) is 0 Å². The average Bonchev–Trinajstić information content (AvgIpc) is 3.52. The van der Waals surface area contributed by atoms with Gasteiger partial charge in [0.05, 0.1) is 11.3 Å². The fourth-order valence-electron chi connectivity index (χ4n) is 3.68. The number of hydrogen-bond acceptors (Lipinski definition) is 4. The van der Waals surface area contributed by atoms with Crippen molar-refractivity contribution < 1.29 is 9.59 Å². The standard InChI is InChI=1S/C26H27N3O2S/c1-15-5-7-20(8-6-15)22-13-23(22)26(31)29-28-17(3)19-9-11-21(12-10-19)27-25(30)24-14-32-18(4)16(24)2/h5-12,14,22-23H,13H2,1-4H3,(H,27,30)(H,29,31)/b28-17-/t22-,23-/m1/s1. The number of rotatable bonds is 6. The molecule has 2 atom stereocenters. The highest BCUT2D eigenvalue weighted by Gasteiger charge is 2.43. The molecule has 1 saturated carbocycles. The van der Waals surface area contributed by atoms with E-state index in [2.05, 4.69) is 47.0 Å². The van der Waals surface area contributed by atoms with Crippen LogP contribution in [0.2, 0.25) is 0 Å². The Hall–Kier alpha value is -3.25. The average molecular weight is 446 g/mol. The summed E-state index contributed by atoms with van der Waals surface area (Å²) in [5.41, 5.74) is 9.19. The Bertz CT molecular complexity index is 1180. The molecule has 0 spiro atoms. The lowest BCUT2D eigenvalue weighted by Gasteiger charge is -2.07. The number of amides is 2. The van der Waals surface area contributed by atoms with E-state index in [1.807, 2.05) is 50.4 Å². The van der Waals surface area contributed by atoms with Crippen LogP contribution in [0, 0.1) is 26.7 Å². The van der Waals surface area contributed by atoms with Crippen LogP contribution < -0.4 is 10.7 Å². The Morgan fingerprint density at radius 2 is 1.69 bits per heavy atom. The number of hydrazone groups is 1. The molecule has 1 aliphatic carbocycles.